The highest BCUT2D eigenvalue weighted by Gasteiger charge is 2.32. The molecule has 0 spiro atoms. The van der Waals surface area contributed by atoms with E-state index in [-0.39, 0.29) is 18.3 Å². The van der Waals surface area contributed by atoms with Crippen molar-refractivity contribution in [1.82, 2.24) is 16.0 Å². The smallest absolute Gasteiger partial charge is 0.326 e. The van der Waals surface area contributed by atoms with Crippen LogP contribution in [-0.4, -0.2) is 76.2 Å². The molecular formula is C20H38N4O6S. The van der Waals surface area contributed by atoms with Gasteiger partial charge in [-0.15, -0.1) is 0 Å². The second-order valence-electron chi connectivity index (χ2n) is 8.37. The number of rotatable bonds is 14. The van der Waals surface area contributed by atoms with Crippen molar-refractivity contribution in [3.63, 3.8) is 0 Å². The summed E-state index contributed by atoms with van der Waals surface area (Å²) in [4.78, 5) is 49.2. The minimum Gasteiger partial charge on any atom is -0.480 e. The lowest BCUT2D eigenvalue weighted by atomic mass is 10.0. The van der Waals surface area contributed by atoms with E-state index in [4.69, 9.17) is 5.73 Å². The third-order valence-electron chi connectivity index (χ3n) is 4.60. The van der Waals surface area contributed by atoms with E-state index >= 15 is 0 Å². The molecule has 5 unspecified atom stereocenters. The van der Waals surface area contributed by atoms with Crippen molar-refractivity contribution in [2.24, 2.45) is 17.6 Å². The number of thioether (sulfide) groups is 1. The Morgan fingerprint density at radius 3 is 1.87 bits per heavy atom. The minimum absolute atomic E-state index is 0.169. The Balaban J connectivity index is 5.36. The maximum Gasteiger partial charge on any atom is 0.326 e. The van der Waals surface area contributed by atoms with Gasteiger partial charge in [-0.1, -0.05) is 27.7 Å². The van der Waals surface area contributed by atoms with Crippen molar-refractivity contribution in [3.8, 4) is 0 Å². The predicted octanol–water partition coefficient (Wildman–Crippen LogP) is -0.311. The Morgan fingerprint density at radius 2 is 1.45 bits per heavy atom. The molecule has 0 heterocycles. The van der Waals surface area contributed by atoms with Gasteiger partial charge in [-0.3, -0.25) is 14.4 Å². The molecule has 10 nitrogen and oxygen atoms in total. The molecule has 0 saturated heterocycles. The van der Waals surface area contributed by atoms with Gasteiger partial charge in [0, 0.05) is 0 Å². The van der Waals surface area contributed by atoms with Crippen LogP contribution in [0.25, 0.3) is 0 Å². The van der Waals surface area contributed by atoms with Gasteiger partial charge in [0.15, 0.2) is 0 Å². The number of hydrogen-bond donors (Lipinski definition) is 6. The van der Waals surface area contributed by atoms with E-state index in [0.717, 1.165) is 0 Å². The van der Waals surface area contributed by atoms with Gasteiger partial charge in [0.1, 0.15) is 18.1 Å². The summed E-state index contributed by atoms with van der Waals surface area (Å²) < 4.78 is 0. The molecule has 0 aromatic rings. The maximum atomic E-state index is 12.8. The maximum absolute atomic E-state index is 12.8. The van der Waals surface area contributed by atoms with Crippen LogP contribution in [0, 0.1) is 11.8 Å². The third kappa shape index (κ3) is 10.8. The van der Waals surface area contributed by atoms with Gasteiger partial charge in [-0.25, -0.2) is 4.79 Å². The van der Waals surface area contributed by atoms with Crippen molar-refractivity contribution in [3.05, 3.63) is 0 Å². The Labute approximate surface area is 188 Å². The van der Waals surface area contributed by atoms with Gasteiger partial charge in [-0.2, -0.15) is 11.8 Å². The highest BCUT2D eigenvalue weighted by molar-refractivity contribution is 7.98. The van der Waals surface area contributed by atoms with Gasteiger partial charge in [0.05, 0.1) is 12.1 Å². The fraction of sp³-hybridized carbons (Fsp3) is 0.800. The quantitative estimate of drug-likeness (QED) is 0.204. The van der Waals surface area contributed by atoms with E-state index in [1.807, 2.05) is 20.1 Å². The van der Waals surface area contributed by atoms with Crippen LogP contribution in [0.5, 0.6) is 0 Å². The Morgan fingerprint density at radius 1 is 0.903 bits per heavy atom. The van der Waals surface area contributed by atoms with E-state index in [0.29, 0.717) is 12.2 Å². The molecule has 0 radical (unpaired) electrons. The zero-order valence-electron chi connectivity index (χ0n) is 19.2. The number of amides is 3. The molecule has 0 aromatic carbocycles. The molecule has 5 atom stereocenters. The molecule has 3 amide bonds. The first kappa shape index (κ1) is 29.1. The van der Waals surface area contributed by atoms with Crippen LogP contribution in [-0.2, 0) is 19.2 Å². The SMILES string of the molecule is CSCCC(NC(=O)C(NC(=O)C(N)CC(C)C)C(C)O)C(=O)NC(C(=O)O)C(C)C. The first-order valence-electron chi connectivity index (χ1n) is 10.4. The number of carboxylic acid groups (broad SMARTS) is 1. The van der Waals surface area contributed by atoms with E-state index in [1.165, 1.54) is 18.7 Å². The van der Waals surface area contributed by atoms with Gasteiger partial charge >= 0.3 is 5.97 Å². The van der Waals surface area contributed by atoms with Crippen molar-refractivity contribution < 1.29 is 29.4 Å². The largest absolute Gasteiger partial charge is 0.480 e. The van der Waals surface area contributed by atoms with Crippen LogP contribution >= 0.6 is 11.8 Å². The van der Waals surface area contributed by atoms with Gasteiger partial charge in [0.2, 0.25) is 17.7 Å². The average Bonchev–Trinajstić information content (AvgIpc) is 2.65. The number of aliphatic hydroxyl groups is 1. The topological polar surface area (TPSA) is 171 Å². The minimum atomic E-state index is -1.31. The number of nitrogens with one attached hydrogen (secondary N) is 3. The zero-order valence-corrected chi connectivity index (χ0v) is 20.0. The molecule has 11 heteroatoms. The van der Waals surface area contributed by atoms with Gasteiger partial charge in [-0.05, 0) is 43.6 Å². The monoisotopic (exact) mass is 462 g/mol. The van der Waals surface area contributed by atoms with Crippen LogP contribution in [0.4, 0.5) is 0 Å². The molecule has 0 aliphatic carbocycles. The van der Waals surface area contributed by atoms with Crippen LogP contribution in [0.3, 0.4) is 0 Å². The van der Waals surface area contributed by atoms with Crippen molar-refractivity contribution >= 4 is 35.5 Å². The predicted molar refractivity (Wildman–Crippen MR) is 120 cm³/mol. The summed E-state index contributed by atoms with van der Waals surface area (Å²) in [7, 11) is 0. The number of carbonyl (C=O) groups excluding carboxylic acids is 3. The summed E-state index contributed by atoms with van der Waals surface area (Å²) in [6, 6.07) is -4.28. The Hall–Kier alpha value is -1.85. The standard InChI is InChI=1S/C20H38N4O6S/c1-10(2)9-13(21)17(26)24-16(12(5)25)19(28)22-14(7-8-31-6)18(27)23-15(11(3)4)20(29)30/h10-16,25H,7-9,21H2,1-6H3,(H,22,28)(H,23,27)(H,24,26)(H,29,30). The van der Waals surface area contributed by atoms with Crippen LogP contribution in [0.2, 0.25) is 0 Å². The van der Waals surface area contributed by atoms with E-state index in [9.17, 15) is 29.4 Å². The van der Waals surface area contributed by atoms with E-state index < -0.39 is 54.0 Å². The second kappa shape index (κ2) is 14.3. The van der Waals surface area contributed by atoms with Crippen LogP contribution in [0.15, 0.2) is 0 Å². The summed E-state index contributed by atoms with van der Waals surface area (Å²) in [6.07, 6.45) is 1.25. The third-order valence-corrected chi connectivity index (χ3v) is 5.24. The summed E-state index contributed by atoms with van der Waals surface area (Å²) in [5.41, 5.74) is 5.85. The molecule has 0 aliphatic heterocycles. The average molecular weight is 463 g/mol. The second-order valence-corrected chi connectivity index (χ2v) is 9.36. The number of carboxylic acids is 1. The van der Waals surface area contributed by atoms with E-state index in [2.05, 4.69) is 16.0 Å². The van der Waals surface area contributed by atoms with Crippen LogP contribution < -0.4 is 21.7 Å². The number of hydrogen-bond acceptors (Lipinski definition) is 7. The van der Waals surface area contributed by atoms with Crippen molar-refractivity contribution in [2.75, 3.05) is 12.0 Å². The number of aliphatic carboxylic acids is 1. The molecule has 0 fully saturated rings. The first-order chi connectivity index (χ1) is 14.3. The Bertz CT molecular complexity index is 614. The highest BCUT2D eigenvalue weighted by Crippen LogP contribution is 2.07. The molecular weight excluding hydrogens is 424 g/mol. The molecule has 0 saturated carbocycles. The number of carbonyl (C=O) groups is 4. The molecule has 7 N–H and O–H groups in total. The number of nitrogens with two attached hydrogens (primary N) is 1. The summed E-state index contributed by atoms with van der Waals surface area (Å²) >= 11 is 1.46. The zero-order chi connectivity index (χ0) is 24.3. The molecule has 0 aliphatic rings. The summed E-state index contributed by atoms with van der Waals surface area (Å²) in [5.74, 6) is -2.80. The van der Waals surface area contributed by atoms with Gasteiger partial charge < -0.3 is 31.9 Å². The summed E-state index contributed by atoms with van der Waals surface area (Å²) in [6.45, 7) is 8.47. The molecule has 0 aromatic heterocycles. The Kier molecular flexibility index (Phi) is 13.4. The lowest BCUT2D eigenvalue weighted by molar-refractivity contribution is -0.143. The number of aliphatic hydroxyl groups excluding tert-OH is 1. The molecule has 0 rings (SSSR count). The molecule has 0 bridgehead atoms. The lowest BCUT2D eigenvalue weighted by Crippen LogP contribution is -2.60. The lowest BCUT2D eigenvalue weighted by Gasteiger charge is -2.27. The van der Waals surface area contributed by atoms with Crippen LogP contribution in [0.1, 0.15) is 47.5 Å². The van der Waals surface area contributed by atoms with Gasteiger partial charge in [0.25, 0.3) is 0 Å². The molecule has 31 heavy (non-hydrogen) atoms. The van der Waals surface area contributed by atoms with Crippen molar-refractivity contribution in [1.29, 1.82) is 0 Å². The fourth-order valence-electron chi connectivity index (χ4n) is 2.81. The highest BCUT2D eigenvalue weighted by atomic mass is 32.2. The van der Waals surface area contributed by atoms with E-state index in [1.54, 1.807) is 13.8 Å². The fourth-order valence-corrected chi connectivity index (χ4v) is 3.29. The van der Waals surface area contributed by atoms with Crippen molar-refractivity contribution in [2.45, 2.75) is 77.7 Å². The molecule has 180 valence electrons. The normalized spacial score (nSPS) is 16.2. The summed E-state index contributed by atoms with van der Waals surface area (Å²) in [5, 5.41) is 26.7. The first-order valence-corrected chi connectivity index (χ1v) is 11.8.